The maximum Gasteiger partial charge on any atom is 0.194 e. The first-order valence-electron chi connectivity index (χ1n) is 10.4. The second kappa shape index (κ2) is 12.8. The van der Waals surface area contributed by atoms with E-state index < -0.39 is 0 Å². The number of ether oxygens (including phenoxy) is 1. The highest BCUT2D eigenvalue weighted by Crippen LogP contribution is 2.21. The first-order chi connectivity index (χ1) is 13.8. The first-order valence-corrected chi connectivity index (χ1v) is 10.4. The molecule has 0 aliphatic carbocycles. The summed E-state index contributed by atoms with van der Waals surface area (Å²) in [5, 5.41) is 7.72. The smallest absolute Gasteiger partial charge is 0.194 e. The average Bonchev–Trinajstić information content (AvgIpc) is 3.17. The van der Waals surface area contributed by atoms with Crippen LogP contribution < -0.4 is 5.32 Å². The second-order valence-electron chi connectivity index (χ2n) is 7.28. The molecule has 1 aliphatic rings. The lowest BCUT2D eigenvalue weighted by Gasteiger charge is -2.34. The van der Waals surface area contributed by atoms with Crippen LogP contribution in [0.25, 0.3) is 0 Å². The van der Waals surface area contributed by atoms with E-state index in [0.717, 1.165) is 50.5 Å². The third-order valence-electron chi connectivity index (χ3n) is 5.03. The zero-order valence-electron chi connectivity index (χ0n) is 17.6. The number of morpholine rings is 1. The van der Waals surface area contributed by atoms with Crippen molar-refractivity contribution >= 4 is 29.9 Å². The number of aryl methyl sites for hydroxylation is 2. The maximum absolute atomic E-state index is 5.96. The third kappa shape index (κ3) is 7.62. The van der Waals surface area contributed by atoms with E-state index >= 15 is 0 Å². The van der Waals surface area contributed by atoms with Gasteiger partial charge in [0, 0.05) is 38.4 Å². The van der Waals surface area contributed by atoms with Crippen LogP contribution in [0.15, 0.2) is 47.7 Å². The highest BCUT2D eigenvalue weighted by atomic mass is 127. The van der Waals surface area contributed by atoms with Gasteiger partial charge in [-0.2, -0.15) is 5.10 Å². The standard InChI is InChI=1S/C22H33N5O.HI/c1-3-23-22(24-13-9-5-8-12-19-10-6-4-7-11-19)27-14-15-28-21(18-27)20-16-25-26(2)17-20;/h4,6-7,10-11,16-17,21H,3,5,8-9,12-15,18H2,1-2H3,(H,23,24);1H. The molecule has 0 saturated carbocycles. The van der Waals surface area contributed by atoms with Gasteiger partial charge in [0.15, 0.2) is 5.96 Å². The molecule has 7 heteroatoms. The normalized spacial score (nSPS) is 17.1. The van der Waals surface area contributed by atoms with Gasteiger partial charge in [-0.15, -0.1) is 24.0 Å². The van der Waals surface area contributed by atoms with E-state index in [9.17, 15) is 0 Å². The van der Waals surface area contributed by atoms with Crippen molar-refractivity contribution in [1.29, 1.82) is 0 Å². The van der Waals surface area contributed by atoms with E-state index in [4.69, 9.17) is 9.73 Å². The number of benzene rings is 1. The largest absolute Gasteiger partial charge is 0.370 e. The Kier molecular flexibility index (Phi) is 10.5. The van der Waals surface area contributed by atoms with E-state index in [2.05, 4.69) is 52.6 Å². The van der Waals surface area contributed by atoms with Gasteiger partial charge in [-0.3, -0.25) is 9.67 Å². The summed E-state index contributed by atoms with van der Waals surface area (Å²) >= 11 is 0. The van der Waals surface area contributed by atoms with Gasteiger partial charge in [0.2, 0.25) is 0 Å². The van der Waals surface area contributed by atoms with Crippen LogP contribution in [0.5, 0.6) is 0 Å². The van der Waals surface area contributed by atoms with Gasteiger partial charge in [0.25, 0.3) is 0 Å². The number of nitrogens with zero attached hydrogens (tertiary/aromatic N) is 4. The topological polar surface area (TPSA) is 54.7 Å². The highest BCUT2D eigenvalue weighted by Gasteiger charge is 2.25. The Bertz CT molecular complexity index is 734. The molecule has 1 N–H and O–H groups in total. The van der Waals surface area contributed by atoms with E-state index in [1.54, 1.807) is 0 Å². The van der Waals surface area contributed by atoms with Crippen molar-refractivity contribution in [2.45, 2.75) is 38.7 Å². The monoisotopic (exact) mass is 511 g/mol. The van der Waals surface area contributed by atoms with Gasteiger partial charge in [-0.05, 0) is 31.7 Å². The van der Waals surface area contributed by atoms with Crippen molar-refractivity contribution in [3.63, 3.8) is 0 Å². The number of aliphatic imine (C=N–C) groups is 1. The Labute approximate surface area is 191 Å². The Morgan fingerprint density at radius 2 is 2.07 bits per heavy atom. The molecule has 1 fully saturated rings. The van der Waals surface area contributed by atoms with Crippen LogP contribution in [0.4, 0.5) is 0 Å². The Balaban J connectivity index is 0.00000300. The molecule has 1 aromatic carbocycles. The van der Waals surface area contributed by atoms with E-state index in [0.29, 0.717) is 6.61 Å². The number of aromatic nitrogens is 2. The first kappa shape index (κ1) is 23.7. The molecule has 160 valence electrons. The number of rotatable bonds is 8. The van der Waals surface area contributed by atoms with E-state index in [1.807, 2.05) is 24.1 Å². The summed E-state index contributed by atoms with van der Waals surface area (Å²) in [6.45, 7) is 6.26. The Morgan fingerprint density at radius 3 is 2.79 bits per heavy atom. The predicted octanol–water partition coefficient (Wildman–Crippen LogP) is 3.79. The number of unbranched alkanes of at least 4 members (excludes halogenated alkanes) is 2. The van der Waals surface area contributed by atoms with Crippen molar-refractivity contribution in [1.82, 2.24) is 20.0 Å². The Hall–Kier alpha value is -1.61. The van der Waals surface area contributed by atoms with Gasteiger partial charge in [0.05, 0.1) is 19.3 Å². The van der Waals surface area contributed by atoms with Crippen LogP contribution in [0.1, 0.15) is 43.4 Å². The fourth-order valence-corrected chi connectivity index (χ4v) is 3.52. The van der Waals surface area contributed by atoms with Crippen molar-refractivity contribution in [2.24, 2.45) is 12.0 Å². The zero-order chi connectivity index (χ0) is 19.6. The predicted molar refractivity (Wildman–Crippen MR) is 129 cm³/mol. The molecule has 1 saturated heterocycles. The molecule has 1 atom stereocenters. The fourth-order valence-electron chi connectivity index (χ4n) is 3.52. The summed E-state index contributed by atoms with van der Waals surface area (Å²) < 4.78 is 7.78. The average molecular weight is 511 g/mol. The molecule has 6 nitrogen and oxygen atoms in total. The number of hydrogen-bond donors (Lipinski definition) is 1. The number of guanidine groups is 1. The molecular formula is C22H34IN5O. The van der Waals surface area contributed by atoms with E-state index in [1.165, 1.54) is 18.4 Å². The van der Waals surface area contributed by atoms with Crippen molar-refractivity contribution in [3.05, 3.63) is 53.9 Å². The summed E-state index contributed by atoms with van der Waals surface area (Å²) in [6, 6.07) is 10.7. The minimum absolute atomic E-state index is 0. The van der Waals surface area contributed by atoms with Crippen LogP contribution >= 0.6 is 24.0 Å². The lowest BCUT2D eigenvalue weighted by Crippen LogP contribution is -2.48. The SMILES string of the molecule is CCNC(=NCCCCCc1ccccc1)N1CCOC(c2cnn(C)c2)C1.I. The van der Waals surface area contributed by atoms with Gasteiger partial charge in [-0.25, -0.2) is 0 Å². The quantitative estimate of drug-likeness (QED) is 0.254. The van der Waals surface area contributed by atoms with Crippen molar-refractivity contribution < 1.29 is 4.74 Å². The zero-order valence-corrected chi connectivity index (χ0v) is 19.9. The molecule has 1 aliphatic heterocycles. The van der Waals surface area contributed by atoms with Crippen LogP contribution in [0.3, 0.4) is 0 Å². The highest BCUT2D eigenvalue weighted by molar-refractivity contribution is 14.0. The van der Waals surface area contributed by atoms with Crippen LogP contribution in [-0.2, 0) is 18.2 Å². The fraction of sp³-hybridized carbons (Fsp3) is 0.545. The Morgan fingerprint density at radius 1 is 1.24 bits per heavy atom. The summed E-state index contributed by atoms with van der Waals surface area (Å²) in [5.74, 6) is 1.00. The molecule has 2 heterocycles. The molecule has 0 amide bonds. The van der Waals surface area contributed by atoms with Crippen LogP contribution in [0.2, 0.25) is 0 Å². The lowest BCUT2D eigenvalue weighted by atomic mass is 10.1. The number of halogens is 1. The maximum atomic E-state index is 5.96. The van der Waals surface area contributed by atoms with Gasteiger partial charge < -0.3 is 15.0 Å². The molecule has 1 unspecified atom stereocenters. The molecule has 2 aromatic rings. The molecule has 0 radical (unpaired) electrons. The minimum Gasteiger partial charge on any atom is -0.370 e. The van der Waals surface area contributed by atoms with Gasteiger partial charge in [-0.1, -0.05) is 36.8 Å². The van der Waals surface area contributed by atoms with Crippen molar-refractivity contribution in [3.8, 4) is 0 Å². The van der Waals surface area contributed by atoms with Crippen molar-refractivity contribution in [2.75, 3.05) is 32.8 Å². The summed E-state index contributed by atoms with van der Waals surface area (Å²) in [6.07, 6.45) is 8.68. The molecule has 29 heavy (non-hydrogen) atoms. The summed E-state index contributed by atoms with van der Waals surface area (Å²) in [7, 11) is 1.94. The van der Waals surface area contributed by atoms with Gasteiger partial charge >= 0.3 is 0 Å². The van der Waals surface area contributed by atoms with Crippen LogP contribution in [0, 0.1) is 0 Å². The summed E-state index contributed by atoms with van der Waals surface area (Å²) in [4.78, 5) is 7.18. The van der Waals surface area contributed by atoms with Gasteiger partial charge in [0.1, 0.15) is 6.10 Å². The second-order valence-corrected chi connectivity index (χ2v) is 7.28. The minimum atomic E-state index is 0. The molecule has 3 rings (SSSR count). The number of nitrogens with one attached hydrogen (secondary N) is 1. The molecule has 1 aromatic heterocycles. The molecule has 0 spiro atoms. The lowest BCUT2D eigenvalue weighted by molar-refractivity contribution is -0.00804. The molecular weight excluding hydrogens is 477 g/mol. The third-order valence-corrected chi connectivity index (χ3v) is 5.03. The van der Waals surface area contributed by atoms with E-state index in [-0.39, 0.29) is 30.1 Å². The van der Waals surface area contributed by atoms with Crippen LogP contribution in [-0.4, -0.2) is 53.4 Å². The molecule has 0 bridgehead atoms. The number of hydrogen-bond acceptors (Lipinski definition) is 3. The summed E-state index contributed by atoms with van der Waals surface area (Å²) in [5.41, 5.74) is 2.55.